The van der Waals surface area contributed by atoms with E-state index in [1.165, 1.54) is 51.4 Å². The zero-order valence-corrected chi connectivity index (χ0v) is 13.4. The summed E-state index contributed by atoms with van der Waals surface area (Å²) in [6.07, 6.45) is 12.1. The van der Waals surface area contributed by atoms with Crippen LogP contribution in [0.3, 0.4) is 0 Å². The zero-order chi connectivity index (χ0) is 14.4. The Hall–Kier alpha value is -0.570. The summed E-state index contributed by atoms with van der Waals surface area (Å²) in [6, 6.07) is 1.17. The minimum absolute atomic E-state index is 0.379. The summed E-state index contributed by atoms with van der Waals surface area (Å²) in [5.41, 5.74) is 0. The minimum Gasteiger partial charge on any atom is -0.343 e. The molecule has 2 fully saturated rings. The van der Waals surface area contributed by atoms with E-state index in [4.69, 9.17) is 0 Å². The first-order valence-electron chi connectivity index (χ1n) is 8.69. The van der Waals surface area contributed by atoms with E-state index in [-0.39, 0.29) is 0 Å². The first-order chi connectivity index (χ1) is 9.70. The van der Waals surface area contributed by atoms with Gasteiger partial charge in [-0.05, 0) is 44.6 Å². The predicted molar refractivity (Wildman–Crippen MR) is 83.7 cm³/mol. The quantitative estimate of drug-likeness (QED) is 0.809. The fourth-order valence-electron chi connectivity index (χ4n) is 3.96. The van der Waals surface area contributed by atoms with E-state index < -0.39 is 0 Å². The summed E-state index contributed by atoms with van der Waals surface area (Å²) >= 11 is 0. The number of amides is 1. The van der Waals surface area contributed by atoms with E-state index in [9.17, 15) is 4.79 Å². The summed E-state index contributed by atoms with van der Waals surface area (Å²) in [7, 11) is 2.02. The molecule has 0 saturated heterocycles. The van der Waals surface area contributed by atoms with Gasteiger partial charge in [0.1, 0.15) is 0 Å². The Kier molecular flexibility index (Phi) is 6.34. The van der Waals surface area contributed by atoms with Gasteiger partial charge in [-0.15, -0.1) is 0 Å². The van der Waals surface area contributed by atoms with E-state index in [1.54, 1.807) is 0 Å². The van der Waals surface area contributed by atoms with E-state index >= 15 is 0 Å². The Balaban J connectivity index is 1.67. The van der Waals surface area contributed by atoms with Crippen molar-refractivity contribution in [3.05, 3.63) is 0 Å². The molecule has 3 heteroatoms. The van der Waals surface area contributed by atoms with Crippen LogP contribution in [0.2, 0.25) is 0 Å². The Labute approximate surface area is 124 Å². The number of hydrogen-bond acceptors (Lipinski definition) is 2. The van der Waals surface area contributed by atoms with Crippen LogP contribution in [-0.2, 0) is 4.79 Å². The van der Waals surface area contributed by atoms with Gasteiger partial charge >= 0.3 is 0 Å². The van der Waals surface area contributed by atoms with E-state index in [2.05, 4.69) is 17.1 Å². The van der Waals surface area contributed by atoms with Crippen LogP contribution in [-0.4, -0.2) is 36.5 Å². The van der Waals surface area contributed by atoms with Gasteiger partial charge in [0.2, 0.25) is 5.91 Å². The highest BCUT2D eigenvalue weighted by atomic mass is 16.2. The van der Waals surface area contributed by atoms with Crippen molar-refractivity contribution in [2.75, 3.05) is 13.6 Å². The van der Waals surface area contributed by atoms with Gasteiger partial charge in [-0.3, -0.25) is 4.79 Å². The average molecular weight is 280 g/mol. The highest BCUT2D eigenvalue weighted by Crippen LogP contribution is 2.29. The van der Waals surface area contributed by atoms with Crippen molar-refractivity contribution in [3.63, 3.8) is 0 Å². The number of rotatable bonds is 6. The second kappa shape index (κ2) is 8.02. The van der Waals surface area contributed by atoms with Crippen molar-refractivity contribution >= 4 is 5.91 Å². The van der Waals surface area contributed by atoms with Crippen molar-refractivity contribution in [1.29, 1.82) is 0 Å². The molecule has 0 atom stereocenters. The normalized spacial score (nSPS) is 27.7. The number of nitrogens with zero attached hydrogens (tertiary/aromatic N) is 1. The van der Waals surface area contributed by atoms with Crippen LogP contribution in [0.5, 0.6) is 0 Å². The van der Waals surface area contributed by atoms with Gasteiger partial charge in [0.25, 0.3) is 0 Å². The number of hydrogen-bond donors (Lipinski definition) is 1. The van der Waals surface area contributed by atoms with Crippen LogP contribution in [0.4, 0.5) is 0 Å². The minimum atomic E-state index is 0.379. The molecule has 0 aromatic carbocycles. The molecule has 0 unspecified atom stereocenters. The molecule has 20 heavy (non-hydrogen) atoms. The van der Waals surface area contributed by atoms with Crippen molar-refractivity contribution < 1.29 is 4.79 Å². The summed E-state index contributed by atoms with van der Waals surface area (Å²) in [6.45, 7) is 3.23. The van der Waals surface area contributed by atoms with Crippen molar-refractivity contribution in [2.45, 2.75) is 83.2 Å². The lowest BCUT2D eigenvalue weighted by Crippen LogP contribution is -2.43. The molecule has 2 rings (SSSR count). The first kappa shape index (κ1) is 15.8. The third kappa shape index (κ3) is 4.47. The van der Waals surface area contributed by atoms with Crippen LogP contribution in [0.1, 0.15) is 71.1 Å². The Bertz CT molecular complexity index is 291. The second-order valence-corrected chi connectivity index (χ2v) is 6.76. The summed E-state index contributed by atoms with van der Waals surface area (Å²) in [4.78, 5) is 14.4. The molecule has 0 radical (unpaired) electrons. The molecule has 2 aliphatic rings. The third-order valence-corrected chi connectivity index (χ3v) is 5.37. The topological polar surface area (TPSA) is 32.3 Å². The van der Waals surface area contributed by atoms with Crippen molar-refractivity contribution in [2.24, 2.45) is 5.92 Å². The molecular weight excluding hydrogens is 248 g/mol. The van der Waals surface area contributed by atoms with Crippen molar-refractivity contribution in [1.82, 2.24) is 10.2 Å². The maximum Gasteiger partial charge on any atom is 0.222 e. The highest BCUT2D eigenvalue weighted by molar-refractivity contribution is 5.76. The van der Waals surface area contributed by atoms with Crippen LogP contribution in [0.15, 0.2) is 0 Å². The van der Waals surface area contributed by atoms with Gasteiger partial charge in [-0.1, -0.05) is 32.6 Å². The molecule has 1 N–H and O–H groups in total. The smallest absolute Gasteiger partial charge is 0.222 e. The fourth-order valence-corrected chi connectivity index (χ4v) is 3.96. The number of carbonyl (C=O) groups excluding carboxylic acids is 1. The molecule has 0 spiro atoms. The third-order valence-electron chi connectivity index (χ3n) is 5.37. The number of carbonyl (C=O) groups is 1. The highest BCUT2D eigenvalue weighted by Gasteiger charge is 2.26. The van der Waals surface area contributed by atoms with Crippen molar-refractivity contribution in [3.8, 4) is 0 Å². The molecule has 0 bridgehead atoms. The lowest BCUT2D eigenvalue weighted by Gasteiger charge is -2.35. The van der Waals surface area contributed by atoms with Gasteiger partial charge < -0.3 is 10.2 Å². The van der Waals surface area contributed by atoms with E-state index in [0.29, 0.717) is 18.0 Å². The van der Waals surface area contributed by atoms with Gasteiger partial charge in [-0.25, -0.2) is 0 Å². The lowest BCUT2D eigenvalue weighted by molar-refractivity contribution is -0.133. The van der Waals surface area contributed by atoms with E-state index in [0.717, 1.165) is 25.3 Å². The molecule has 0 heterocycles. The number of nitrogens with one attached hydrogen (secondary N) is 1. The molecule has 116 valence electrons. The molecule has 0 aromatic rings. The van der Waals surface area contributed by atoms with Gasteiger partial charge in [0.15, 0.2) is 0 Å². The Morgan fingerprint density at radius 2 is 1.75 bits per heavy atom. The molecule has 2 saturated carbocycles. The van der Waals surface area contributed by atoms with Gasteiger partial charge in [0, 0.05) is 25.6 Å². The Morgan fingerprint density at radius 3 is 2.35 bits per heavy atom. The molecule has 2 aliphatic carbocycles. The van der Waals surface area contributed by atoms with Crippen LogP contribution < -0.4 is 5.32 Å². The average Bonchev–Trinajstić information content (AvgIpc) is 2.98. The van der Waals surface area contributed by atoms with Crippen LogP contribution in [0, 0.1) is 5.92 Å². The first-order valence-corrected chi connectivity index (χ1v) is 8.69. The summed E-state index contributed by atoms with van der Waals surface area (Å²) in [5.74, 6) is 1.21. The van der Waals surface area contributed by atoms with Crippen LogP contribution in [0.25, 0.3) is 0 Å². The second-order valence-electron chi connectivity index (χ2n) is 6.76. The molecular formula is C17H32N2O. The van der Waals surface area contributed by atoms with Crippen LogP contribution >= 0.6 is 0 Å². The monoisotopic (exact) mass is 280 g/mol. The molecule has 0 aromatic heterocycles. The summed E-state index contributed by atoms with van der Waals surface area (Å²) < 4.78 is 0. The standard InChI is InChI=1S/C17H32N2O/c1-3-18-15-9-11-16(12-10-15)19(2)17(20)13-8-14-6-4-5-7-14/h14-16,18H,3-13H2,1-2H3. The Morgan fingerprint density at radius 1 is 1.10 bits per heavy atom. The van der Waals surface area contributed by atoms with E-state index in [1.807, 2.05) is 7.05 Å². The van der Waals surface area contributed by atoms with Gasteiger partial charge in [0.05, 0.1) is 0 Å². The largest absolute Gasteiger partial charge is 0.343 e. The lowest BCUT2D eigenvalue weighted by atomic mass is 9.90. The summed E-state index contributed by atoms with van der Waals surface area (Å²) in [5, 5.41) is 3.53. The molecule has 1 amide bonds. The molecule has 3 nitrogen and oxygen atoms in total. The SMILES string of the molecule is CCNC1CCC(N(C)C(=O)CCC2CCCC2)CC1. The van der Waals surface area contributed by atoms with Gasteiger partial charge in [-0.2, -0.15) is 0 Å². The molecule has 0 aliphatic heterocycles. The maximum atomic E-state index is 12.3. The zero-order valence-electron chi connectivity index (χ0n) is 13.4. The maximum absolute atomic E-state index is 12.3. The predicted octanol–water partition coefficient (Wildman–Crippen LogP) is 3.34. The fraction of sp³-hybridized carbons (Fsp3) is 0.941.